The van der Waals surface area contributed by atoms with Gasteiger partial charge in [-0.15, -0.1) is 0 Å². The first-order valence-corrected chi connectivity index (χ1v) is 4.09. The van der Waals surface area contributed by atoms with Crippen LogP contribution >= 0.6 is 0 Å². The molecule has 5 nitrogen and oxygen atoms in total. The molecule has 0 aromatic heterocycles. The van der Waals surface area contributed by atoms with Crippen molar-refractivity contribution >= 4 is 5.97 Å². The minimum Gasteiger partial charge on any atom is -0.507 e. The highest BCUT2D eigenvalue weighted by atomic mass is 16.5. The van der Waals surface area contributed by atoms with Crippen molar-refractivity contribution in [3.63, 3.8) is 0 Å². The average Bonchev–Trinajstić information content (AvgIpc) is 2.49. The summed E-state index contributed by atoms with van der Waals surface area (Å²) in [6.07, 6.45) is 0. The molecule has 1 aromatic carbocycles. The molecule has 74 valence electrons. The molecule has 0 spiro atoms. The molecule has 0 saturated heterocycles. The van der Waals surface area contributed by atoms with Gasteiger partial charge in [-0.1, -0.05) is 0 Å². The lowest BCUT2D eigenvalue weighted by Crippen LogP contribution is -2.10. The lowest BCUT2D eigenvalue weighted by molar-refractivity contribution is 0.0693. The van der Waals surface area contributed by atoms with Gasteiger partial charge >= 0.3 is 5.97 Å². The second-order valence-electron chi connectivity index (χ2n) is 3.10. The zero-order valence-corrected chi connectivity index (χ0v) is 7.23. The summed E-state index contributed by atoms with van der Waals surface area (Å²) in [6.45, 7) is 0.202. The molecule has 0 radical (unpaired) electrons. The van der Waals surface area contributed by atoms with E-state index in [0.29, 0.717) is 5.56 Å². The van der Waals surface area contributed by atoms with E-state index < -0.39 is 12.0 Å². The van der Waals surface area contributed by atoms with Crippen molar-refractivity contribution in [1.82, 2.24) is 0 Å². The molecule has 0 fully saturated rings. The Morgan fingerprint density at radius 1 is 1.57 bits per heavy atom. The monoisotopic (exact) mass is 195 g/mol. The van der Waals surface area contributed by atoms with Gasteiger partial charge in [0.1, 0.15) is 23.7 Å². The van der Waals surface area contributed by atoms with E-state index in [0.717, 1.165) is 0 Å². The van der Waals surface area contributed by atoms with Crippen LogP contribution in [-0.4, -0.2) is 22.8 Å². The molecule has 0 bridgehead atoms. The van der Waals surface area contributed by atoms with Crippen LogP contribution in [0.3, 0.4) is 0 Å². The summed E-state index contributed by atoms with van der Waals surface area (Å²) >= 11 is 0. The number of ether oxygens (including phenoxy) is 1. The Morgan fingerprint density at radius 3 is 2.93 bits per heavy atom. The van der Waals surface area contributed by atoms with Crippen LogP contribution in [0.15, 0.2) is 12.1 Å². The number of rotatable bonds is 1. The molecule has 1 aliphatic heterocycles. The Bertz CT molecular complexity index is 402. The molecule has 5 heteroatoms. The number of aromatic carboxylic acids is 1. The van der Waals surface area contributed by atoms with E-state index in [1.807, 2.05) is 0 Å². The highest BCUT2D eigenvalue weighted by Crippen LogP contribution is 2.40. The van der Waals surface area contributed by atoms with Crippen LogP contribution in [0.1, 0.15) is 22.0 Å². The molecule has 0 unspecified atom stereocenters. The molecule has 2 rings (SSSR count). The van der Waals surface area contributed by atoms with Crippen LogP contribution in [0.2, 0.25) is 0 Å². The van der Waals surface area contributed by atoms with Gasteiger partial charge in [-0.2, -0.15) is 0 Å². The maximum atomic E-state index is 10.8. The Kier molecular flexibility index (Phi) is 1.82. The fourth-order valence-corrected chi connectivity index (χ4v) is 1.53. The lowest BCUT2D eigenvalue weighted by Gasteiger charge is -2.05. The molecule has 0 saturated carbocycles. The summed E-state index contributed by atoms with van der Waals surface area (Å²) in [6, 6.07) is 2.16. The molecule has 14 heavy (non-hydrogen) atoms. The molecule has 1 aliphatic rings. The number of nitrogens with two attached hydrogens (primary N) is 1. The summed E-state index contributed by atoms with van der Waals surface area (Å²) in [4.78, 5) is 10.8. The fraction of sp³-hybridized carbons (Fsp3) is 0.222. The van der Waals surface area contributed by atoms with E-state index in [4.69, 9.17) is 15.6 Å². The summed E-state index contributed by atoms with van der Waals surface area (Å²) in [5.74, 6) is -0.921. The van der Waals surface area contributed by atoms with E-state index in [2.05, 4.69) is 0 Å². The van der Waals surface area contributed by atoms with Crippen LogP contribution in [0, 0.1) is 0 Å². The second kappa shape index (κ2) is 2.88. The molecule has 1 aromatic rings. The van der Waals surface area contributed by atoms with Crippen LogP contribution in [0.25, 0.3) is 0 Å². The van der Waals surface area contributed by atoms with Gasteiger partial charge in [0.15, 0.2) is 0 Å². The van der Waals surface area contributed by atoms with Crippen molar-refractivity contribution in [2.45, 2.75) is 6.04 Å². The van der Waals surface area contributed by atoms with Gasteiger partial charge < -0.3 is 20.7 Å². The van der Waals surface area contributed by atoms with E-state index in [1.54, 1.807) is 0 Å². The smallest absolute Gasteiger partial charge is 0.339 e. The SMILES string of the molecule is N[C@H]1COc2c(C(=O)O)ccc(O)c21. The number of phenols is 1. The number of fused-ring (bicyclic) bond motifs is 1. The van der Waals surface area contributed by atoms with Gasteiger partial charge in [0, 0.05) is 0 Å². The van der Waals surface area contributed by atoms with Crippen LogP contribution in [-0.2, 0) is 0 Å². The Labute approximate surface area is 79.7 Å². The average molecular weight is 195 g/mol. The fourth-order valence-electron chi connectivity index (χ4n) is 1.53. The van der Waals surface area contributed by atoms with Crippen molar-refractivity contribution in [3.05, 3.63) is 23.3 Å². The van der Waals surface area contributed by atoms with Gasteiger partial charge in [-0.05, 0) is 12.1 Å². The minimum absolute atomic E-state index is 0.0185. The number of carbonyl (C=O) groups is 1. The molecule has 4 N–H and O–H groups in total. The number of phenolic OH excluding ortho intramolecular Hbond substituents is 1. The van der Waals surface area contributed by atoms with Crippen molar-refractivity contribution in [2.24, 2.45) is 5.73 Å². The summed E-state index contributed by atoms with van der Waals surface area (Å²) in [5.41, 5.74) is 6.05. The molecular weight excluding hydrogens is 186 g/mol. The number of hydrogen-bond donors (Lipinski definition) is 3. The first-order valence-electron chi connectivity index (χ1n) is 4.09. The number of carboxylic acid groups (broad SMARTS) is 1. The number of aromatic hydroxyl groups is 1. The second-order valence-corrected chi connectivity index (χ2v) is 3.10. The van der Waals surface area contributed by atoms with Crippen molar-refractivity contribution in [1.29, 1.82) is 0 Å². The largest absolute Gasteiger partial charge is 0.507 e. The van der Waals surface area contributed by atoms with E-state index in [1.165, 1.54) is 12.1 Å². The van der Waals surface area contributed by atoms with Gasteiger partial charge in [-0.3, -0.25) is 0 Å². The van der Waals surface area contributed by atoms with Gasteiger partial charge in [0.05, 0.1) is 11.6 Å². The van der Waals surface area contributed by atoms with E-state index >= 15 is 0 Å². The topological polar surface area (TPSA) is 92.8 Å². The summed E-state index contributed by atoms with van der Waals surface area (Å²) < 4.78 is 5.12. The van der Waals surface area contributed by atoms with Crippen molar-refractivity contribution in [2.75, 3.05) is 6.61 Å². The third-order valence-corrected chi connectivity index (χ3v) is 2.18. The lowest BCUT2D eigenvalue weighted by atomic mass is 10.0. The summed E-state index contributed by atoms with van der Waals surface area (Å²) in [5, 5.41) is 18.3. The molecular formula is C9H9NO4. The molecule has 1 atom stereocenters. The van der Waals surface area contributed by atoms with Crippen molar-refractivity contribution in [3.8, 4) is 11.5 Å². The van der Waals surface area contributed by atoms with Crippen LogP contribution in [0.5, 0.6) is 11.5 Å². The van der Waals surface area contributed by atoms with Gasteiger partial charge in [0.2, 0.25) is 0 Å². The Hall–Kier alpha value is -1.75. The quantitative estimate of drug-likeness (QED) is 0.606. The molecule has 1 heterocycles. The van der Waals surface area contributed by atoms with Crippen LogP contribution < -0.4 is 10.5 Å². The Balaban J connectivity index is 2.64. The van der Waals surface area contributed by atoms with Gasteiger partial charge in [0.25, 0.3) is 0 Å². The molecule has 0 aliphatic carbocycles. The van der Waals surface area contributed by atoms with Crippen molar-refractivity contribution < 1.29 is 19.7 Å². The first-order chi connectivity index (χ1) is 6.61. The first kappa shape index (κ1) is 8.83. The minimum atomic E-state index is -1.09. The standard InChI is InChI=1S/C9H9NO4/c10-5-3-14-8-4(9(12)13)1-2-6(11)7(5)8/h1-2,5,11H,3,10H2,(H,12,13)/t5-/m0/s1. The number of benzene rings is 1. The van der Waals surface area contributed by atoms with E-state index in [9.17, 15) is 9.90 Å². The number of carboxylic acids is 1. The predicted molar refractivity (Wildman–Crippen MR) is 47.5 cm³/mol. The summed E-state index contributed by atoms with van der Waals surface area (Å²) in [7, 11) is 0. The van der Waals surface area contributed by atoms with Crippen LogP contribution in [0.4, 0.5) is 0 Å². The molecule has 0 amide bonds. The Morgan fingerprint density at radius 2 is 2.29 bits per heavy atom. The van der Waals surface area contributed by atoms with Gasteiger partial charge in [-0.25, -0.2) is 4.79 Å². The maximum absolute atomic E-state index is 10.8. The predicted octanol–water partition coefficient (Wildman–Crippen LogP) is 0.483. The van der Waals surface area contributed by atoms with E-state index in [-0.39, 0.29) is 23.7 Å². The highest BCUT2D eigenvalue weighted by molar-refractivity contribution is 5.92. The number of hydrogen-bond acceptors (Lipinski definition) is 4. The zero-order valence-electron chi connectivity index (χ0n) is 7.23. The third kappa shape index (κ3) is 1.10. The third-order valence-electron chi connectivity index (χ3n) is 2.18. The zero-order chi connectivity index (χ0) is 10.3. The maximum Gasteiger partial charge on any atom is 0.339 e. The normalized spacial score (nSPS) is 18.8. The highest BCUT2D eigenvalue weighted by Gasteiger charge is 2.29.